The van der Waals surface area contributed by atoms with E-state index in [0.29, 0.717) is 0 Å². The molecule has 18 heavy (non-hydrogen) atoms. The third-order valence-electron chi connectivity index (χ3n) is 3.70. The molecule has 1 atom stereocenters. The maximum atomic E-state index is 6.34. The number of ether oxygens (including phenoxy) is 1. The van der Waals surface area contributed by atoms with Crippen molar-refractivity contribution < 1.29 is 4.74 Å². The van der Waals surface area contributed by atoms with Crippen LogP contribution in [0.3, 0.4) is 0 Å². The normalized spacial score (nSPS) is 21.2. The molecule has 2 rings (SSSR count). The van der Waals surface area contributed by atoms with Crippen molar-refractivity contribution in [2.24, 2.45) is 5.73 Å². The van der Waals surface area contributed by atoms with Gasteiger partial charge in [0.2, 0.25) is 0 Å². The average Bonchev–Trinajstić information content (AvgIpc) is 2.28. The number of rotatable bonds is 4. The average molecular weight is 312 g/mol. The summed E-state index contributed by atoms with van der Waals surface area (Å²) in [6.07, 6.45) is 5.37. The van der Waals surface area contributed by atoms with E-state index in [2.05, 4.69) is 41.9 Å². The second-order valence-electron chi connectivity index (χ2n) is 5.28. The van der Waals surface area contributed by atoms with E-state index in [9.17, 15) is 0 Å². The van der Waals surface area contributed by atoms with Crippen molar-refractivity contribution in [2.75, 3.05) is 0 Å². The van der Waals surface area contributed by atoms with E-state index in [1.165, 1.54) is 0 Å². The highest BCUT2D eigenvalue weighted by atomic mass is 79.9. The Morgan fingerprint density at radius 1 is 1.33 bits per heavy atom. The van der Waals surface area contributed by atoms with Crippen LogP contribution >= 0.6 is 15.9 Å². The maximum absolute atomic E-state index is 6.34. The molecule has 100 valence electrons. The Balaban J connectivity index is 2.34. The van der Waals surface area contributed by atoms with E-state index in [1.54, 1.807) is 0 Å². The highest BCUT2D eigenvalue weighted by molar-refractivity contribution is 9.10. The lowest BCUT2D eigenvalue weighted by atomic mass is 9.81. The first-order valence-corrected chi connectivity index (χ1v) is 7.63. The molecule has 0 radical (unpaired) electrons. The maximum Gasteiger partial charge on any atom is 0.126 e. The fraction of sp³-hybridized carbons (Fsp3) is 0.600. The molecule has 1 aromatic rings. The van der Waals surface area contributed by atoms with Crippen molar-refractivity contribution >= 4 is 15.9 Å². The minimum atomic E-state index is -0.0588. The third-order valence-corrected chi connectivity index (χ3v) is 4.20. The van der Waals surface area contributed by atoms with Crippen LogP contribution in [0.5, 0.6) is 5.75 Å². The monoisotopic (exact) mass is 311 g/mol. The fourth-order valence-electron chi connectivity index (χ4n) is 3.03. The van der Waals surface area contributed by atoms with Gasteiger partial charge in [0.25, 0.3) is 0 Å². The van der Waals surface area contributed by atoms with Crippen molar-refractivity contribution in [1.82, 2.24) is 0 Å². The highest BCUT2D eigenvalue weighted by Gasteiger charge is 2.38. The van der Waals surface area contributed by atoms with Crippen LogP contribution < -0.4 is 10.5 Å². The summed E-state index contributed by atoms with van der Waals surface area (Å²) in [5.41, 5.74) is 7.42. The first kappa shape index (κ1) is 13.9. The SMILES string of the molecule is CCCC1(CCC)C[C@H](N)c2ccc(Br)cc2O1. The predicted octanol–water partition coefficient (Wildman–Crippen LogP) is 4.57. The number of hydrogen-bond acceptors (Lipinski definition) is 2. The molecule has 2 N–H and O–H groups in total. The van der Waals surface area contributed by atoms with Gasteiger partial charge in [-0.3, -0.25) is 0 Å². The van der Waals surface area contributed by atoms with Gasteiger partial charge in [-0.1, -0.05) is 48.7 Å². The summed E-state index contributed by atoms with van der Waals surface area (Å²) in [6, 6.07) is 6.26. The number of halogens is 1. The second kappa shape index (κ2) is 5.62. The number of hydrogen-bond donors (Lipinski definition) is 1. The molecule has 1 aromatic carbocycles. The standard InChI is InChI=1S/C15H22BrNO/c1-3-7-15(8-4-2)10-13(17)12-6-5-11(16)9-14(12)18-15/h5-6,9,13H,3-4,7-8,10,17H2,1-2H3/t13-/m0/s1. The van der Waals surface area contributed by atoms with Gasteiger partial charge in [-0.2, -0.15) is 0 Å². The van der Waals surface area contributed by atoms with Crippen LogP contribution in [0.25, 0.3) is 0 Å². The lowest BCUT2D eigenvalue weighted by molar-refractivity contribution is 0.0179. The topological polar surface area (TPSA) is 35.2 Å². The van der Waals surface area contributed by atoms with Gasteiger partial charge in [0, 0.05) is 22.5 Å². The molecule has 1 heterocycles. The summed E-state index contributed by atoms with van der Waals surface area (Å²) in [4.78, 5) is 0. The summed E-state index contributed by atoms with van der Waals surface area (Å²) in [5, 5.41) is 0. The van der Waals surface area contributed by atoms with E-state index in [4.69, 9.17) is 10.5 Å². The zero-order valence-corrected chi connectivity index (χ0v) is 12.8. The largest absolute Gasteiger partial charge is 0.487 e. The molecule has 0 spiro atoms. The minimum absolute atomic E-state index is 0.0588. The van der Waals surface area contributed by atoms with Gasteiger partial charge in [-0.05, 0) is 25.0 Å². The molecule has 0 aromatic heterocycles. The van der Waals surface area contributed by atoms with Gasteiger partial charge in [0.1, 0.15) is 11.4 Å². The molecule has 1 aliphatic heterocycles. The van der Waals surface area contributed by atoms with Gasteiger partial charge in [0.15, 0.2) is 0 Å². The molecule has 1 aliphatic rings. The fourth-order valence-corrected chi connectivity index (χ4v) is 3.37. The first-order chi connectivity index (χ1) is 8.60. The van der Waals surface area contributed by atoms with E-state index < -0.39 is 0 Å². The Morgan fingerprint density at radius 3 is 2.61 bits per heavy atom. The highest BCUT2D eigenvalue weighted by Crippen LogP contribution is 2.43. The number of fused-ring (bicyclic) bond motifs is 1. The zero-order chi connectivity index (χ0) is 13.2. The Labute approximate surface area is 118 Å². The summed E-state index contributed by atoms with van der Waals surface area (Å²) in [7, 11) is 0. The number of benzene rings is 1. The molecule has 3 heteroatoms. The summed E-state index contributed by atoms with van der Waals surface area (Å²) in [6.45, 7) is 4.42. The van der Waals surface area contributed by atoms with Crippen molar-refractivity contribution in [3.05, 3.63) is 28.2 Å². The quantitative estimate of drug-likeness (QED) is 0.884. The Morgan fingerprint density at radius 2 is 2.00 bits per heavy atom. The van der Waals surface area contributed by atoms with E-state index >= 15 is 0 Å². The van der Waals surface area contributed by atoms with Crippen LogP contribution in [0.4, 0.5) is 0 Å². The second-order valence-corrected chi connectivity index (χ2v) is 6.19. The zero-order valence-electron chi connectivity index (χ0n) is 11.2. The van der Waals surface area contributed by atoms with Gasteiger partial charge in [-0.15, -0.1) is 0 Å². The van der Waals surface area contributed by atoms with Gasteiger partial charge in [-0.25, -0.2) is 0 Å². The summed E-state index contributed by atoms with van der Waals surface area (Å²) < 4.78 is 7.39. The van der Waals surface area contributed by atoms with Gasteiger partial charge >= 0.3 is 0 Å². The Kier molecular flexibility index (Phi) is 4.33. The van der Waals surface area contributed by atoms with Crippen LogP contribution in [-0.4, -0.2) is 5.60 Å². The molecule has 0 unspecified atom stereocenters. The van der Waals surface area contributed by atoms with Crippen molar-refractivity contribution in [2.45, 2.75) is 57.6 Å². The smallest absolute Gasteiger partial charge is 0.126 e. The van der Waals surface area contributed by atoms with Crippen LogP contribution in [0, 0.1) is 0 Å². The summed E-state index contributed by atoms with van der Waals surface area (Å²) >= 11 is 3.51. The van der Waals surface area contributed by atoms with E-state index in [0.717, 1.165) is 47.9 Å². The van der Waals surface area contributed by atoms with Crippen LogP contribution in [-0.2, 0) is 0 Å². The van der Waals surface area contributed by atoms with Gasteiger partial charge < -0.3 is 10.5 Å². The molecule has 0 saturated carbocycles. The van der Waals surface area contributed by atoms with Crippen LogP contribution in [0.15, 0.2) is 22.7 Å². The Bertz CT molecular complexity index is 413. The van der Waals surface area contributed by atoms with Crippen molar-refractivity contribution in [3.8, 4) is 5.75 Å². The van der Waals surface area contributed by atoms with Crippen molar-refractivity contribution in [1.29, 1.82) is 0 Å². The molecule has 2 nitrogen and oxygen atoms in total. The third kappa shape index (κ3) is 2.72. The van der Waals surface area contributed by atoms with Crippen LogP contribution in [0.2, 0.25) is 0 Å². The Hall–Kier alpha value is -0.540. The molecule has 0 aliphatic carbocycles. The lowest BCUT2D eigenvalue weighted by Gasteiger charge is -2.41. The number of nitrogens with two attached hydrogens (primary N) is 1. The van der Waals surface area contributed by atoms with Crippen LogP contribution in [0.1, 0.15) is 57.6 Å². The molecule has 0 amide bonds. The lowest BCUT2D eigenvalue weighted by Crippen LogP contribution is -2.42. The molecule has 0 bridgehead atoms. The molecular weight excluding hydrogens is 290 g/mol. The molecular formula is C15H22BrNO. The molecule has 0 fully saturated rings. The van der Waals surface area contributed by atoms with E-state index in [-0.39, 0.29) is 11.6 Å². The minimum Gasteiger partial charge on any atom is -0.487 e. The first-order valence-electron chi connectivity index (χ1n) is 6.84. The van der Waals surface area contributed by atoms with Crippen molar-refractivity contribution in [3.63, 3.8) is 0 Å². The van der Waals surface area contributed by atoms with Gasteiger partial charge in [0.05, 0.1) is 0 Å². The van der Waals surface area contributed by atoms with E-state index in [1.807, 2.05) is 6.07 Å². The molecule has 0 saturated heterocycles. The summed E-state index contributed by atoms with van der Waals surface area (Å²) in [5.74, 6) is 0.963. The predicted molar refractivity (Wildman–Crippen MR) is 78.9 cm³/mol.